The highest BCUT2D eigenvalue weighted by molar-refractivity contribution is 7.91. The third kappa shape index (κ3) is 4.36. The fourth-order valence-electron chi connectivity index (χ4n) is 3.90. The molecule has 0 amide bonds. The Hall–Kier alpha value is -0.950. The zero-order valence-electron chi connectivity index (χ0n) is 14.5. The van der Waals surface area contributed by atoms with Gasteiger partial charge >= 0.3 is 0 Å². The molecule has 3 atom stereocenters. The first-order valence-electron chi connectivity index (χ1n) is 8.92. The number of nitrogens with two attached hydrogens (primary N) is 1. The van der Waals surface area contributed by atoms with Gasteiger partial charge in [-0.15, -0.1) is 0 Å². The minimum atomic E-state index is -2.79. The number of benzene rings is 1. The molecule has 2 aliphatic rings. The number of nitrogens with zero attached hydrogens (tertiary/aromatic N) is 2. The Balaban J connectivity index is 1.47. The van der Waals surface area contributed by atoms with E-state index in [1.54, 1.807) is 0 Å². The Kier molecular flexibility index (Phi) is 5.59. The van der Waals surface area contributed by atoms with Crippen molar-refractivity contribution in [2.45, 2.75) is 25.4 Å². The summed E-state index contributed by atoms with van der Waals surface area (Å²) in [6.45, 7) is 7.15. The van der Waals surface area contributed by atoms with Crippen molar-refractivity contribution in [1.82, 2.24) is 9.80 Å². The molecule has 1 aromatic carbocycles. The van der Waals surface area contributed by atoms with Crippen molar-refractivity contribution < 1.29 is 8.42 Å². The third-order valence-corrected chi connectivity index (χ3v) is 7.23. The van der Waals surface area contributed by atoms with Crippen LogP contribution in [-0.4, -0.2) is 68.5 Å². The Morgan fingerprint density at radius 3 is 2.42 bits per heavy atom. The van der Waals surface area contributed by atoms with Crippen LogP contribution in [0.25, 0.3) is 0 Å². The monoisotopic (exact) mass is 351 g/mol. The molecule has 0 radical (unpaired) electrons. The molecule has 6 heteroatoms. The number of piperazine rings is 1. The normalized spacial score (nSPS) is 27.8. The minimum absolute atomic E-state index is 0.0594. The van der Waals surface area contributed by atoms with Crippen molar-refractivity contribution in [2.75, 3.05) is 44.2 Å². The Labute approximate surface area is 145 Å². The van der Waals surface area contributed by atoms with Crippen molar-refractivity contribution in [3.8, 4) is 0 Å². The Morgan fingerprint density at radius 1 is 1.17 bits per heavy atom. The van der Waals surface area contributed by atoms with E-state index >= 15 is 0 Å². The van der Waals surface area contributed by atoms with E-state index in [-0.39, 0.29) is 12.1 Å². The summed E-state index contributed by atoms with van der Waals surface area (Å²) in [6.07, 6.45) is 0.803. The van der Waals surface area contributed by atoms with E-state index in [9.17, 15) is 8.42 Å². The summed E-state index contributed by atoms with van der Waals surface area (Å²) in [4.78, 5) is 4.83. The molecule has 2 saturated heterocycles. The smallest absolute Gasteiger partial charge is 0.151 e. The molecule has 2 fully saturated rings. The highest BCUT2D eigenvalue weighted by atomic mass is 32.2. The second kappa shape index (κ2) is 7.52. The molecule has 0 spiro atoms. The van der Waals surface area contributed by atoms with Gasteiger partial charge in [0.25, 0.3) is 0 Å². The second-order valence-corrected chi connectivity index (χ2v) is 9.54. The van der Waals surface area contributed by atoms with E-state index in [0.717, 1.165) is 39.1 Å². The number of hydrogen-bond donors (Lipinski definition) is 1. The van der Waals surface area contributed by atoms with Crippen LogP contribution in [0.3, 0.4) is 0 Å². The van der Waals surface area contributed by atoms with Crippen molar-refractivity contribution in [3.05, 3.63) is 35.9 Å². The molecule has 1 unspecified atom stereocenters. The zero-order valence-corrected chi connectivity index (χ0v) is 15.3. The fourth-order valence-corrected chi connectivity index (χ4v) is 5.66. The van der Waals surface area contributed by atoms with Gasteiger partial charge < -0.3 is 10.6 Å². The van der Waals surface area contributed by atoms with Crippen LogP contribution in [0.2, 0.25) is 0 Å². The molecule has 134 valence electrons. The van der Waals surface area contributed by atoms with E-state index in [4.69, 9.17) is 5.73 Å². The lowest BCUT2D eigenvalue weighted by molar-refractivity contribution is 0.0920. The molecule has 2 N–H and O–H groups in total. The topological polar surface area (TPSA) is 66.6 Å². The van der Waals surface area contributed by atoms with Crippen LogP contribution in [0.4, 0.5) is 0 Å². The summed E-state index contributed by atoms with van der Waals surface area (Å²) in [5, 5.41) is 0. The van der Waals surface area contributed by atoms with Crippen LogP contribution in [-0.2, 0) is 9.84 Å². The molecule has 2 aliphatic heterocycles. The maximum Gasteiger partial charge on any atom is 0.151 e. The van der Waals surface area contributed by atoms with Crippen molar-refractivity contribution in [3.63, 3.8) is 0 Å². The molecule has 24 heavy (non-hydrogen) atoms. The summed E-state index contributed by atoms with van der Waals surface area (Å²) in [7, 11) is -2.79. The molecular weight excluding hydrogens is 322 g/mol. The van der Waals surface area contributed by atoms with Crippen LogP contribution >= 0.6 is 0 Å². The quantitative estimate of drug-likeness (QED) is 0.861. The SMILES string of the molecule is C[C@@H](CN1CCN(C2CCS(=O)(=O)C2)CC1)[C@@H](N)c1ccccc1. The average molecular weight is 352 g/mol. The van der Waals surface area contributed by atoms with Gasteiger partial charge in [-0.3, -0.25) is 4.90 Å². The van der Waals surface area contributed by atoms with E-state index in [1.807, 2.05) is 18.2 Å². The summed E-state index contributed by atoms with van der Waals surface area (Å²) in [6, 6.07) is 10.6. The summed E-state index contributed by atoms with van der Waals surface area (Å²) >= 11 is 0. The summed E-state index contributed by atoms with van der Waals surface area (Å²) in [5.74, 6) is 1.11. The first-order chi connectivity index (χ1) is 11.4. The summed E-state index contributed by atoms with van der Waals surface area (Å²) in [5.41, 5.74) is 7.60. The lowest BCUT2D eigenvalue weighted by atomic mass is 9.94. The molecular formula is C18H29N3O2S. The minimum Gasteiger partial charge on any atom is -0.324 e. The van der Waals surface area contributed by atoms with Gasteiger partial charge in [0.1, 0.15) is 0 Å². The van der Waals surface area contributed by atoms with Gasteiger partial charge in [-0.25, -0.2) is 8.42 Å². The van der Waals surface area contributed by atoms with Crippen LogP contribution in [0.1, 0.15) is 24.9 Å². The highest BCUT2D eigenvalue weighted by Crippen LogP contribution is 2.22. The van der Waals surface area contributed by atoms with Crippen molar-refractivity contribution in [2.24, 2.45) is 11.7 Å². The molecule has 1 aromatic rings. The Bertz CT molecular complexity index is 627. The molecule has 5 nitrogen and oxygen atoms in total. The van der Waals surface area contributed by atoms with Crippen LogP contribution < -0.4 is 5.73 Å². The Morgan fingerprint density at radius 2 is 1.83 bits per heavy atom. The molecule has 2 heterocycles. The maximum atomic E-state index is 11.7. The predicted octanol–water partition coefficient (Wildman–Crippen LogP) is 1.13. The van der Waals surface area contributed by atoms with Gasteiger partial charge in [0, 0.05) is 44.8 Å². The lowest BCUT2D eigenvalue weighted by Gasteiger charge is -2.39. The number of rotatable bonds is 5. The summed E-state index contributed by atoms with van der Waals surface area (Å²) < 4.78 is 23.3. The first kappa shape index (κ1) is 17.9. The second-order valence-electron chi connectivity index (χ2n) is 7.31. The van der Waals surface area contributed by atoms with Crippen LogP contribution in [0.5, 0.6) is 0 Å². The van der Waals surface area contributed by atoms with Gasteiger partial charge in [-0.1, -0.05) is 37.3 Å². The molecule has 3 rings (SSSR count). The van der Waals surface area contributed by atoms with E-state index in [1.165, 1.54) is 5.56 Å². The molecule has 0 aliphatic carbocycles. The molecule has 0 aromatic heterocycles. The third-order valence-electron chi connectivity index (χ3n) is 5.48. The highest BCUT2D eigenvalue weighted by Gasteiger charge is 2.33. The first-order valence-corrected chi connectivity index (χ1v) is 10.7. The lowest BCUT2D eigenvalue weighted by Crippen LogP contribution is -2.51. The van der Waals surface area contributed by atoms with Crippen LogP contribution in [0.15, 0.2) is 30.3 Å². The van der Waals surface area contributed by atoms with E-state index in [2.05, 4.69) is 28.9 Å². The average Bonchev–Trinajstić information content (AvgIpc) is 2.95. The van der Waals surface area contributed by atoms with Gasteiger partial charge in [-0.05, 0) is 17.9 Å². The number of sulfone groups is 1. The number of hydrogen-bond acceptors (Lipinski definition) is 5. The largest absolute Gasteiger partial charge is 0.324 e. The van der Waals surface area contributed by atoms with Gasteiger partial charge in [0.05, 0.1) is 11.5 Å². The van der Waals surface area contributed by atoms with E-state index in [0.29, 0.717) is 17.4 Å². The fraction of sp³-hybridized carbons (Fsp3) is 0.667. The maximum absolute atomic E-state index is 11.7. The van der Waals surface area contributed by atoms with Gasteiger partial charge in [-0.2, -0.15) is 0 Å². The van der Waals surface area contributed by atoms with Crippen molar-refractivity contribution >= 4 is 9.84 Å². The van der Waals surface area contributed by atoms with E-state index < -0.39 is 9.84 Å². The zero-order chi connectivity index (χ0) is 17.2. The molecule has 0 saturated carbocycles. The van der Waals surface area contributed by atoms with Gasteiger partial charge in [0.2, 0.25) is 0 Å². The van der Waals surface area contributed by atoms with Gasteiger partial charge in [0.15, 0.2) is 9.84 Å². The predicted molar refractivity (Wildman–Crippen MR) is 97.6 cm³/mol. The molecule has 0 bridgehead atoms. The standard InChI is InChI=1S/C18H29N3O2S/c1-15(18(19)16-5-3-2-4-6-16)13-20-8-10-21(11-9-20)17-7-12-24(22,23)14-17/h2-6,15,17-18H,7-14,19H2,1H3/t15-,17?,18+/m0/s1. The van der Waals surface area contributed by atoms with Crippen LogP contribution in [0, 0.1) is 5.92 Å². The van der Waals surface area contributed by atoms with Crippen molar-refractivity contribution in [1.29, 1.82) is 0 Å².